The van der Waals surface area contributed by atoms with E-state index in [9.17, 15) is 14.0 Å². The smallest absolute Gasteiger partial charge is 0.410 e. The molecule has 0 radical (unpaired) electrons. The zero-order valence-electron chi connectivity index (χ0n) is 20.2. The van der Waals surface area contributed by atoms with Crippen molar-refractivity contribution in [2.75, 3.05) is 13.7 Å². The Balaban J connectivity index is 1.15. The molecule has 0 aromatic heterocycles. The third kappa shape index (κ3) is 3.67. The van der Waals surface area contributed by atoms with Gasteiger partial charge in [0.25, 0.3) is 0 Å². The number of piperidine rings is 1. The van der Waals surface area contributed by atoms with Gasteiger partial charge in [0.05, 0.1) is 12.7 Å². The minimum absolute atomic E-state index is 0.00573. The van der Waals surface area contributed by atoms with Gasteiger partial charge in [-0.1, -0.05) is 54.6 Å². The lowest BCUT2D eigenvalue weighted by Crippen LogP contribution is -2.48. The summed E-state index contributed by atoms with van der Waals surface area (Å²) in [4.78, 5) is 28.4. The van der Waals surface area contributed by atoms with Crippen molar-refractivity contribution >= 4 is 11.9 Å². The fourth-order valence-corrected chi connectivity index (χ4v) is 6.49. The Morgan fingerprint density at radius 1 is 0.889 bits per heavy atom. The number of carbonyl (C=O) groups excluding carboxylic acids is 2. The van der Waals surface area contributed by atoms with E-state index in [1.165, 1.54) is 41.5 Å². The molecule has 2 atom stereocenters. The summed E-state index contributed by atoms with van der Waals surface area (Å²) in [6, 6.07) is 20.9. The molecular weight excluding hydrogens is 457 g/mol. The topological polar surface area (TPSA) is 55.8 Å². The maximum Gasteiger partial charge on any atom is 0.410 e. The maximum absolute atomic E-state index is 14.2. The molecule has 36 heavy (non-hydrogen) atoms. The van der Waals surface area contributed by atoms with Crippen molar-refractivity contribution < 1.29 is 23.5 Å². The third-order valence-corrected chi connectivity index (χ3v) is 8.09. The molecule has 6 heteroatoms. The molecule has 2 saturated heterocycles. The minimum atomic E-state index is -0.539. The Morgan fingerprint density at radius 3 is 2.11 bits per heavy atom. The number of rotatable bonds is 5. The maximum atomic E-state index is 14.2. The summed E-state index contributed by atoms with van der Waals surface area (Å²) in [6.07, 6.45) is 2.49. The van der Waals surface area contributed by atoms with E-state index < -0.39 is 5.82 Å². The first-order chi connectivity index (χ1) is 17.6. The molecule has 2 bridgehead atoms. The van der Waals surface area contributed by atoms with Gasteiger partial charge in [0.15, 0.2) is 17.3 Å². The van der Waals surface area contributed by atoms with Gasteiger partial charge in [-0.15, -0.1) is 0 Å². The summed E-state index contributed by atoms with van der Waals surface area (Å²) >= 11 is 0. The normalized spacial score (nSPS) is 22.2. The highest BCUT2D eigenvalue weighted by Gasteiger charge is 2.46. The van der Waals surface area contributed by atoms with Crippen LogP contribution in [0, 0.1) is 11.7 Å². The number of nitrogens with zero attached hydrogens (tertiary/aromatic N) is 1. The van der Waals surface area contributed by atoms with Crippen LogP contribution in [-0.2, 0) is 4.74 Å². The van der Waals surface area contributed by atoms with E-state index in [1.807, 2.05) is 29.2 Å². The van der Waals surface area contributed by atoms with Crippen LogP contribution in [0.15, 0.2) is 66.7 Å². The number of benzene rings is 3. The van der Waals surface area contributed by atoms with E-state index in [0.717, 1.165) is 12.8 Å². The van der Waals surface area contributed by atoms with Gasteiger partial charge >= 0.3 is 6.09 Å². The monoisotopic (exact) mass is 485 g/mol. The standard InChI is InChI=1S/C30H28FNO4/c1-35-29-25(11-6-12-27(29)31)28(33)18-15-19-13-14-20(16-18)32(19)30(34)36-17-26-23-9-4-2-7-21(23)22-8-3-5-10-24(22)26/h2-12,18-20,26H,13-17H2,1H3. The Morgan fingerprint density at radius 2 is 1.50 bits per heavy atom. The molecule has 3 aromatic carbocycles. The molecule has 0 N–H and O–H groups in total. The van der Waals surface area contributed by atoms with Crippen LogP contribution < -0.4 is 4.74 Å². The van der Waals surface area contributed by atoms with E-state index in [2.05, 4.69) is 24.3 Å². The van der Waals surface area contributed by atoms with Gasteiger partial charge in [-0.25, -0.2) is 9.18 Å². The number of amides is 1. The molecule has 1 amide bonds. The fraction of sp³-hybridized carbons (Fsp3) is 0.333. The second-order valence-electron chi connectivity index (χ2n) is 9.95. The number of Topliss-reactive ketones (excluding diaryl/α,β-unsaturated/α-hetero) is 1. The second-order valence-corrected chi connectivity index (χ2v) is 9.95. The van der Waals surface area contributed by atoms with Gasteiger partial charge < -0.3 is 14.4 Å². The number of ketones is 1. The summed E-state index contributed by atoms with van der Waals surface area (Å²) < 4.78 is 25.3. The lowest BCUT2D eigenvalue weighted by atomic mass is 9.84. The molecule has 2 aliphatic heterocycles. The highest BCUT2D eigenvalue weighted by atomic mass is 19.1. The van der Waals surface area contributed by atoms with E-state index >= 15 is 0 Å². The van der Waals surface area contributed by atoms with Crippen LogP contribution in [0.3, 0.4) is 0 Å². The van der Waals surface area contributed by atoms with E-state index in [-0.39, 0.29) is 53.7 Å². The SMILES string of the molecule is COc1c(F)cccc1C(=O)C1CC2CCC(C1)N2C(=O)OCC1c2ccccc2-c2ccccc21. The summed E-state index contributed by atoms with van der Waals surface area (Å²) in [5.74, 6) is -0.916. The zero-order valence-corrected chi connectivity index (χ0v) is 20.2. The molecule has 2 fully saturated rings. The predicted molar refractivity (Wildman–Crippen MR) is 134 cm³/mol. The number of ether oxygens (including phenoxy) is 2. The van der Waals surface area contributed by atoms with Gasteiger partial charge in [0.1, 0.15) is 6.61 Å². The number of fused-ring (bicyclic) bond motifs is 5. The average Bonchev–Trinajstić information content (AvgIpc) is 3.37. The number of halogens is 1. The summed E-state index contributed by atoms with van der Waals surface area (Å²) in [5.41, 5.74) is 5.03. The van der Waals surface area contributed by atoms with Crippen molar-refractivity contribution in [2.24, 2.45) is 5.92 Å². The molecule has 5 nitrogen and oxygen atoms in total. The molecule has 2 heterocycles. The summed E-state index contributed by atoms with van der Waals surface area (Å²) in [7, 11) is 1.37. The lowest BCUT2D eigenvalue weighted by Gasteiger charge is -2.38. The molecular formula is C30H28FNO4. The second kappa shape index (κ2) is 9.08. The largest absolute Gasteiger partial charge is 0.493 e. The number of carbonyl (C=O) groups is 2. The molecule has 2 unspecified atom stereocenters. The van der Waals surface area contributed by atoms with Crippen LogP contribution in [0.25, 0.3) is 11.1 Å². The third-order valence-electron chi connectivity index (χ3n) is 8.09. The van der Waals surface area contributed by atoms with Crippen molar-refractivity contribution in [3.05, 3.63) is 89.2 Å². The number of hydrogen-bond acceptors (Lipinski definition) is 4. The van der Waals surface area contributed by atoms with Crippen LogP contribution in [0.2, 0.25) is 0 Å². The van der Waals surface area contributed by atoms with E-state index in [1.54, 1.807) is 6.07 Å². The first-order valence-corrected chi connectivity index (χ1v) is 12.6. The first kappa shape index (κ1) is 22.8. The van der Waals surface area contributed by atoms with Crippen molar-refractivity contribution in [2.45, 2.75) is 43.7 Å². The summed E-state index contributed by atoms with van der Waals surface area (Å²) in [5, 5.41) is 0. The van der Waals surface area contributed by atoms with Crippen LogP contribution in [-0.4, -0.2) is 42.6 Å². The van der Waals surface area contributed by atoms with Gasteiger partial charge in [0.2, 0.25) is 0 Å². The van der Waals surface area contributed by atoms with Gasteiger partial charge in [-0.2, -0.15) is 0 Å². The number of hydrogen-bond donors (Lipinski definition) is 0. The predicted octanol–water partition coefficient (Wildman–Crippen LogP) is 6.21. The number of para-hydroxylation sites is 1. The Kier molecular flexibility index (Phi) is 5.75. The van der Waals surface area contributed by atoms with Crippen LogP contribution >= 0.6 is 0 Å². The van der Waals surface area contributed by atoms with E-state index in [0.29, 0.717) is 12.8 Å². The minimum Gasteiger partial charge on any atom is -0.493 e. The van der Waals surface area contributed by atoms with Crippen molar-refractivity contribution in [1.29, 1.82) is 0 Å². The molecule has 0 saturated carbocycles. The highest BCUT2D eigenvalue weighted by molar-refractivity contribution is 6.00. The molecule has 0 spiro atoms. The highest BCUT2D eigenvalue weighted by Crippen LogP contribution is 2.45. The van der Waals surface area contributed by atoms with Crippen LogP contribution in [0.1, 0.15) is 53.1 Å². The molecule has 3 aliphatic rings. The first-order valence-electron chi connectivity index (χ1n) is 12.6. The number of methoxy groups -OCH3 is 1. The van der Waals surface area contributed by atoms with Gasteiger partial charge in [-0.05, 0) is 60.1 Å². The van der Waals surface area contributed by atoms with Crippen molar-refractivity contribution in [3.8, 4) is 16.9 Å². The van der Waals surface area contributed by atoms with Crippen LogP contribution in [0.4, 0.5) is 9.18 Å². The Hall–Kier alpha value is -3.67. The van der Waals surface area contributed by atoms with Crippen LogP contribution in [0.5, 0.6) is 5.75 Å². The summed E-state index contributed by atoms with van der Waals surface area (Å²) in [6.45, 7) is 0.283. The van der Waals surface area contributed by atoms with E-state index in [4.69, 9.17) is 9.47 Å². The van der Waals surface area contributed by atoms with Gasteiger partial charge in [-0.3, -0.25) is 4.79 Å². The Labute approximate surface area is 209 Å². The quantitative estimate of drug-likeness (QED) is 0.403. The lowest BCUT2D eigenvalue weighted by molar-refractivity contribution is 0.0504. The molecule has 3 aromatic rings. The Bertz CT molecular complexity index is 1280. The molecule has 184 valence electrons. The zero-order chi connectivity index (χ0) is 24.8. The molecule has 6 rings (SSSR count). The van der Waals surface area contributed by atoms with Crippen molar-refractivity contribution in [1.82, 2.24) is 4.90 Å². The van der Waals surface area contributed by atoms with Gasteiger partial charge in [0, 0.05) is 23.9 Å². The fourth-order valence-electron chi connectivity index (χ4n) is 6.49. The average molecular weight is 486 g/mol. The molecule has 1 aliphatic carbocycles. The van der Waals surface area contributed by atoms with Crippen molar-refractivity contribution in [3.63, 3.8) is 0 Å².